The maximum atomic E-state index is 9.64. The summed E-state index contributed by atoms with van der Waals surface area (Å²) in [6, 6.07) is 9.30. The predicted octanol–water partition coefficient (Wildman–Crippen LogP) is 5.63. The highest BCUT2D eigenvalue weighted by Gasteiger charge is 2.35. The Bertz CT molecular complexity index is 1120. The summed E-state index contributed by atoms with van der Waals surface area (Å²) in [5.74, 6) is 0.0617. The first-order valence-electron chi connectivity index (χ1n) is 7.77. The maximum absolute atomic E-state index is 9.64. The van der Waals surface area contributed by atoms with Crippen LogP contribution in [0.5, 0.6) is 5.88 Å². The molecule has 3 N–H and O–H groups in total. The number of nitrogens with one attached hydrogen (secondary N) is 1. The molecule has 1 aliphatic heterocycles. The number of H-pyrrole nitrogens is 1. The predicted molar refractivity (Wildman–Crippen MR) is 107 cm³/mol. The standard InChI is InChI=1S/C18H11Cl3N4OS/c1-7-14-15(9(6-22)17(23)26-18(14)25-24-7)12-2-3-13(27-12)16-10(20)4-8(19)5-11(16)21/h2-5,15H,23H2,1H3,(H,24,25)/t15-/m1/s1. The second-order valence-electron chi connectivity index (χ2n) is 5.94. The number of hydrogen-bond donors (Lipinski definition) is 2. The average Bonchev–Trinajstić information content (AvgIpc) is 3.20. The van der Waals surface area contributed by atoms with Crippen LogP contribution in [-0.4, -0.2) is 10.2 Å². The first-order chi connectivity index (χ1) is 12.9. The van der Waals surface area contributed by atoms with Crippen LogP contribution in [0.25, 0.3) is 10.4 Å². The number of aromatic nitrogens is 2. The lowest BCUT2D eigenvalue weighted by Gasteiger charge is -2.22. The van der Waals surface area contributed by atoms with Crippen LogP contribution in [0.1, 0.15) is 22.1 Å². The highest BCUT2D eigenvalue weighted by molar-refractivity contribution is 7.15. The Hall–Kier alpha value is -2.17. The van der Waals surface area contributed by atoms with Crippen LogP contribution < -0.4 is 10.5 Å². The van der Waals surface area contributed by atoms with Gasteiger partial charge in [-0.15, -0.1) is 16.4 Å². The molecule has 9 heteroatoms. The van der Waals surface area contributed by atoms with Gasteiger partial charge in [-0.3, -0.25) is 5.10 Å². The Morgan fingerprint density at radius 3 is 2.63 bits per heavy atom. The van der Waals surface area contributed by atoms with Gasteiger partial charge in [-0.25, -0.2) is 0 Å². The van der Waals surface area contributed by atoms with Crippen LogP contribution in [-0.2, 0) is 0 Å². The molecule has 0 saturated carbocycles. The van der Waals surface area contributed by atoms with Crippen LogP contribution in [0.4, 0.5) is 0 Å². The van der Waals surface area contributed by atoms with Gasteiger partial charge in [-0.1, -0.05) is 34.8 Å². The highest BCUT2D eigenvalue weighted by Crippen LogP contribution is 2.47. The number of nitrogens with zero attached hydrogens (tertiary/aromatic N) is 2. The number of benzene rings is 1. The molecule has 0 saturated heterocycles. The monoisotopic (exact) mass is 436 g/mol. The fraction of sp³-hybridized carbons (Fsp3) is 0.111. The summed E-state index contributed by atoms with van der Waals surface area (Å²) in [7, 11) is 0. The summed E-state index contributed by atoms with van der Waals surface area (Å²) in [4.78, 5) is 1.77. The van der Waals surface area contributed by atoms with Crippen molar-refractivity contribution in [1.82, 2.24) is 10.2 Å². The average molecular weight is 438 g/mol. The van der Waals surface area contributed by atoms with Gasteiger partial charge in [0.2, 0.25) is 11.8 Å². The van der Waals surface area contributed by atoms with Crippen LogP contribution in [0.3, 0.4) is 0 Å². The van der Waals surface area contributed by atoms with Crippen molar-refractivity contribution in [3.63, 3.8) is 0 Å². The molecule has 0 bridgehead atoms. The van der Waals surface area contributed by atoms with Gasteiger partial charge in [0.25, 0.3) is 0 Å². The quantitative estimate of drug-likeness (QED) is 0.544. The second kappa shape index (κ2) is 6.77. The third kappa shape index (κ3) is 2.97. The Kier molecular flexibility index (Phi) is 4.57. The number of aromatic amines is 1. The van der Waals surface area contributed by atoms with Crippen LogP contribution in [0, 0.1) is 18.3 Å². The third-order valence-corrected chi connectivity index (χ3v) is 6.28. The van der Waals surface area contributed by atoms with Crippen molar-refractivity contribution in [3.05, 3.63) is 66.9 Å². The minimum absolute atomic E-state index is 0.0546. The normalized spacial score (nSPS) is 16.0. The SMILES string of the molecule is Cc1[nH]nc2c1[C@@H](c1ccc(-c3c(Cl)cc(Cl)cc3Cl)s1)C(C#N)=C(N)O2. The summed E-state index contributed by atoms with van der Waals surface area (Å²) >= 11 is 20.2. The number of aryl methyl sites for hydroxylation is 1. The molecule has 136 valence electrons. The fourth-order valence-electron chi connectivity index (χ4n) is 3.10. The Balaban J connectivity index is 1.87. The van der Waals surface area contributed by atoms with E-state index in [-0.39, 0.29) is 11.8 Å². The van der Waals surface area contributed by atoms with Crippen molar-refractivity contribution < 1.29 is 4.74 Å². The van der Waals surface area contributed by atoms with Crippen molar-refractivity contribution in [1.29, 1.82) is 5.26 Å². The number of ether oxygens (including phenoxy) is 1. The number of hydrogen-bond acceptors (Lipinski definition) is 5. The van der Waals surface area contributed by atoms with Gasteiger partial charge in [-0.05, 0) is 31.2 Å². The van der Waals surface area contributed by atoms with E-state index in [0.29, 0.717) is 32.1 Å². The van der Waals surface area contributed by atoms with E-state index in [1.807, 2.05) is 19.1 Å². The van der Waals surface area contributed by atoms with Crippen LogP contribution >= 0.6 is 46.1 Å². The lowest BCUT2D eigenvalue weighted by Crippen LogP contribution is -2.20. The van der Waals surface area contributed by atoms with Gasteiger partial charge in [0.1, 0.15) is 11.6 Å². The molecule has 3 heterocycles. The number of nitrogens with two attached hydrogens (primary N) is 1. The fourth-order valence-corrected chi connectivity index (χ4v) is 5.44. The first-order valence-corrected chi connectivity index (χ1v) is 9.72. The van der Waals surface area contributed by atoms with Crippen molar-refractivity contribution in [2.24, 2.45) is 5.73 Å². The summed E-state index contributed by atoms with van der Waals surface area (Å²) in [5, 5.41) is 18.1. The Labute approximate surface area is 173 Å². The molecular formula is C18H11Cl3N4OS. The van der Waals surface area contributed by atoms with Gasteiger partial charge in [-0.2, -0.15) is 5.26 Å². The molecule has 5 nitrogen and oxygen atoms in total. The summed E-state index contributed by atoms with van der Waals surface area (Å²) in [6.07, 6.45) is 0. The zero-order chi connectivity index (χ0) is 19.3. The number of nitriles is 1. The topological polar surface area (TPSA) is 87.7 Å². The molecule has 1 aromatic carbocycles. The molecule has 0 amide bonds. The Morgan fingerprint density at radius 1 is 1.26 bits per heavy atom. The van der Waals surface area contributed by atoms with Gasteiger partial charge in [0.05, 0.1) is 21.5 Å². The van der Waals surface area contributed by atoms with Gasteiger partial charge in [0.15, 0.2) is 0 Å². The zero-order valence-electron chi connectivity index (χ0n) is 13.8. The van der Waals surface area contributed by atoms with Crippen molar-refractivity contribution in [3.8, 4) is 22.4 Å². The molecule has 3 aromatic rings. The number of halogens is 3. The van der Waals surface area contributed by atoms with E-state index in [4.69, 9.17) is 45.3 Å². The number of rotatable bonds is 2. The molecular weight excluding hydrogens is 427 g/mol. The summed E-state index contributed by atoms with van der Waals surface area (Å²) in [5.41, 5.74) is 8.60. The smallest absolute Gasteiger partial charge is 0.244 e. The van der Waals surface area contributed by atoms with Crippen molar-refractivity contribution in [2.45, 2.75) is 12.8 Å². The summed E-state index contributed by atoms with van der Waals surface area (Å²) < 4.78 is 5.49. The maximum Gasteiger partial charge on any atom is 0.244 e. The summed E-state index contributed by atoms with van der Waals surface area (Å²) in [6.45, 7) is 1.88. The van der Waals surface area contributed by atoms with E-state index < -0.39 is 0 Å². The molecule has 0 aliphatic carbocycles. The third-order valence-electron chi connectivity index (χ3n) is 4.29. The molecule has 0 unspecified atom stereocenters. The molecule has 0 spiro atoms. The zero-order valence-corrected chi connectivity index (χ0v) is 16.9. The molecule has 27 heavy (non-hydrogen) atoms. The largest absolute Gasteiger partial charge is 0.420 e. The number of thiophene rings is 1. The highest BCUT2D eigenvalue weighted by atomic mass is 35.5. The van der Waals surface area contributed by atoms with Gasteiger partial charge >= 0.3 is 0 Å². The second-order valence-corrected chi connectivity index (χ2v) is 8.30. The van der Waals surface area contributed by atoms with Crippen molar-refractivity contribution >= 4 is 46.1 Å². The molecule has 0 radical (unpaired) electrons. The van der Waals surface area contributed by atoms with E-state index in [2.05, 4.69) is 16.3 Å². The van der Waals surface area contributed by atoms with E-state index in [1.165, 1.54) is 11.3 Å². The number of allylic oxidation sites excluding steroid dienone is 1. The molecule has 1 atom stereocenters. The van der Waals surface area contributed by atoms with E-state index in [9.17, 15) is 5.26 Å². The van der Waals surface area contributed by atoms with Crippen LogP contribution in [0.2, 0.25) is 15.1 Å². The Morgan fingerprint density at radius 2 is 1.96 bits per heavy atom. The minimum Gasteiger partial charge on any atom is -0.420 e. The molecule has 1 aliphatic rings. The molecule has 4 rings (SSSR count). The minimum atomic E-state index is -0.374. The van der Waals surface area contributed by atoms with E-state index >= 15 is 0 Å². The van der Waals surface area contributed by atoms with E-state index in [0.717, 1.165) is 21.0 Å². The molecule has 2 aromatic heterocycles. The number of fused-ring (bicyclic) bond motifs is 1. The first kappa shape index (κ1) is 18.2. The molecule has 0 fully saturated rings. The van der Waals surface area contributed by atoms with Crippen LogP contribution in [0.15, 0.2) is 35.7 Å². The lowest BCUT2D eigenvalue weighted by molar-refractivity contribution is 0.379. The van der Waals surface area contributed by atoms with Crippen molar-refractivity contribution in [2.75, 3.05) is 0 Å². The van der Waals surface area contributed by atoms with E-state index in [1.54, 1.807) is 12.1 Å². The lowest BCUT2D eigenvalue weighted by atomic mass is 9.89. The van der Waals surface area contributed by atoms with Gasteiger partial charge in [0, 0.05) is 26.0 Å². The van der Waals surface area contributed by atoms with Gasteiger partial charge < -0.3 is 10.5 Å².